The molecule has 3 N–H and O–H groups in total. The molecular formula is C15H12N6O3. The molecule has 0 bridgehead atoms. The first-order valence-electron chi connectivity index (χ1n) is 6.82. The predicted octanol–water partition coefficient (Wildman–Crippen LogP) is 0.837. The molecule has 0 saturated carbocycles. The molecule has 2 aromatic carbocycles. The van der Waals surface area contributed by atoms with Crippen LogP contribution in [-0.4, -0.2) is 42.5 Å². The quantitative estimate of drug-likeness (QED) is 0.371. The van der Waals surface area contributed by atoms with Gasteiger partial charge in [0.25, 0.3) is 5.91 Å². The van der Waals surface area contributed by atoms with Gasteiger partial charge in [-0.1, -0.05) is 0 Å². The number of nitrogens with zero attached hydrogens (tertiary/aromatic N) is 5. The first-order chi connectivity index (χ1) is 11.6. The fourth-order valence-electron chi connectivity index (χ4n) is 1.90. The molecule has 0 unspecified atom stereocenters. The number of phenolic OH excluding ortho intramolecular Hbond substituents is 2. The molecule has 9 heteroatoms. The van der Waals surface area contributed by atoms with Crippen molar-refractivity contribution in [1.29, 1.82) is 0 Å². The first kappa shape index (κ1) is 15.2. The summed E-state index contributed by atoms with van der Waals surface area (Å²) in [4.78, 5) is 12.0. The summed E-state index contributed by atoms with van der Waals surface area (Å²) in [7, 11) is 0. The van der Waals surface area contributed by atoms with E-state index in [9.17, 15) is 15.0 Å². The first-order valence-corrected chi connectivity index (χ1v) is 6.82. The van der Waals surface area contributed by atoms with Gasteiger partial charge in [0.05, 0.1) is 11.9 Å². The lowest BCUT2D eigenvalue weighted by Gasteiger charge is -2.02. The van der Waals surface area contributed by atoms with Crippen molar-refractivity contribution in [3.8, 4) is 17.2 Å². The van der Waals surface area contributed by atoms with E-state index in [1.54, 1.807) is 30.3 Å². The lowest BCUT2D eigenvalue weighted by Crippen LogP contribution is -2.17. The molecule has 0 saturated heterocycles. The van der Waals surface area contributed by atoms with Crippen molar-refractivity contribution >= 4 is 12.1 Å². The van der Waals surface area contributed by atoms with Gasteiger partial charge >= 0.3 is 0 Å². The molecule has 0 aliphatic heterocycles. The van der Waals surface area contributed by atoms with E-state index in [1.807, 2.05) is 0 Å². The number of hydrazone groups is 1. The number of aromatic hydroxyl groups is 2. The summed E-state index contributed by atoms with van der Waals surface area (Å²) in [5, 5.41) is 33.2. The minimum Gasteiger partial charge on any atom is -0.504 e. The lowest BCUT2D eigenvalue weighted by molar-refractivity contribution is 0.0955. The number of hydrogen-bond donors (Lipinski definition) is 3. The standard InChI is InChI=1S/C15H12N6O3/c22-13-6-1-10(7-14(13)23)8-16-18-15(24)11-2-4-12(5-3-11)21-9-17-19-20-21/h1-9,22-23H,(H,18,24)/b16-8+. The summed E-state index contributed by atoms with van der Waals surface area (Å²) in [6.45, 7) is 0. The Balaban J connectivity index is 1.64. The molecule has 0 aliphatic rings. The number of tetrazole rings is 1. The Morgan fingerprint density at radius 3 is 2.58 bits per heavy atom. The van der Waals surface area contributed by atoms with E-state index in [4.69, 9.17) is 0 Å². The number of rotatable bonds is 4. The molecule has 120 valence electrons. The Morgan fingerprint density at radius 1 is 1.12 bits per heavy atom. The number of carbonyl (C=O) groups excluding carboxylic acids is 1. The van der Waals surface area contributed by atoms with Crippen LogP contribution in [0.3, 0.4) is 0 Å². The molecule has 0 spiro atoms. The van der Waals surface area contributed by atoms with Crippen LogP contribution in [0.15, 0.2) is 53.9 Å². The lowest BCUT2D eigenvalue weighted by atomic mass is 10.2. The third-order valence-corrected chi connectivity index (χ3v) is 3.12. The molecule has 1 aromatic heterocycles. The zero-order valence-corrected chi connectivity index (χ0v) is 12.2. The number of aromatic nitrogens is 4. The fourth-order valence-corrected chi connectivity index (χ4v) is 1.90. The second kappa shape index (κ2) is 6.57. The third-order valence-electron chi connectivity index (χ3n) is 3.12. The Morgan fingerprint density at radius 2 is 1.92 bits per heavy atom. The molecule has 1 amide bonds. The maximum Gasteiger partial charge on any atom is 0.271 e. The van der Waals surface area contributed by atoms with Crippen molar-refractivity contribution in [3.63, 3.8) is 0 Å². The molecule has 0 fully saturated rings. The van der Waals surface area contributed by atoms with Crippen LogP contribution in [0.4, 0.5) is 0 Å². The second-order valence-corrected chi connectivity index (χ2v) is 4.75. The summed E-state index contributed by atoms with van der Waals surface area (Å²) in [5.41, 5.74) is 4.04. The van der Waals surface area contributed by atoms with Gasteiger partial charge in [-0.2, -0.15) is 5.10 Å². The normalized spacial score (nSPS) is 10.8. The van der Waals surface area contributed by atoms with Gasteiger partial charge in [0.15, 0.2) is 11.5 Å². The maximum atomic E-state index is 12.0. The highest BCUT2D eigenvalue weighted by atomic mass is 16.3. The van der Waals surface area contributed by atoms with Crippen LogP contribution in [-0.2, 0) is 0 Å². The van der Waals surface area contributed by atoms with Gasteiger partial charge in [-0.05, 0) is 58.5 Å². The van der Waals surface area contributed by atoms with Gasteiger partial charge in [-0.3, -0.25) is 4.79 Å². The van der Waals surface area contributed by atoms with Crippen LogP contribution in [0, 0.1) is 0 Å². The monoisotopic (exact) mass is 324 g/mol. The van der Waals surface area contributed by atoms with Gasteiger partial charge in [0, 0.05) is 5.56 Å². The number of amides is 1. The highest BCUT2D eigenvalue weighted by Gasteiger charge is 2.05. The van der Waals surface area contributed by atoms with E-state index in [1.165, 1.54) is 29.4 Å². The number of benzene rings is 2. The summed E-state index contributed by atoms with van der Waals surface area (Å²) < 4.78 is 1.47. The summed E-state index contributed by atoms with van der Waals surface area (Å²) in [6.07, 6.45) is 2.80. The number of phenols is 2. The van der Waals surface area contributed by atoms with Crippen LogP contribution in [0.2, 0.25) is 0 Å². The minimum atomic E-state index is -0.391. The van der Waals surface area contributed by atoms with Crippen molar-refractivity contribution < 1.29 is 15.0 Å². The van der Waals surface area contributed by atoms with Gasteiger partial charge < -0.3 is 10.2 Å². The van der Waals surface area contributed by atoms with E-state index in [0.29, 0.717) is 11.1 Å². The predicted molar refractivity (Wildman–Crippen MR) is 84.0 cm³/mol. The largest absolute Gasteiger partial charge is 0.504 e. The molecule has 3 aromatic rings. The van der Waals surface area contributed by atoms with E-state index >= 15 is 0 Å². The van der Waals surface area contributed by atoms with Crippen molar-refractivity contribution in [2.45, 2.75) is 0 Å². The average Bonchev–Trinajstić information content (AvgIpc) is 3.13. The fraction of sp³-hybridized carbons (Fsp3) is 0. The Kier molecular flexibility index (Phi) is 4.15. The molecule has 9 nitrogen and oxygen atoms in total. The summed E-state index contributed by atoms with van der Waals surface area (Å²) in [6, 6.07) is 10.8. The molecule has 0 aliphatic carbocycles. The summed E-state index contributed by atoms with van der Waals surface area (Å²) in [5.74, 6) is -0.875. The molecule has 0 atom stereocenters. The van der Waals surface area contributed by atoms with Gasteiger partial charge in [-0.25, -0.2) is 10.1 Å². The van der Waals surface area contributed by atoms with E-state index in [0.717, 1.165) is 5.69 Å². The molecule has 1 heterocycles. The van der Waals surface area contributed by atoms with Gasteiger partial charge in [0.2, 0.25) is 0 Å². The SMILES string of the molecule is O=C(N/N=C/c1ccc(O)c(O)c1)c1ccc(-n2cnnn2)cc1. The van der Waals surface area contributed by atoms with E-state index in [2.05, 4.69) is 26.1 Å². The molecular weight excluding hydrogens is 312 g/mol. The van der Waals surface area contributed by atoms with Crippen molar-refractivity contribution in [2.75, 3.05) is 0 Å². The summed E-state index contributed by atoms with van der Waals surface area (Å²) >= 11 is 0. The topological polar surface area (TPSA) is 126 Å². The number of carbonyl (C=O) groups is 1. The van der Waals surface area contributed by atoms with Gasteiger partial charge in [-0.15, -0.1) is 5.10 Å². The van der Waals surface area contributed by atoms with Crippen molar-refractivity contribution in [2.24, 2.45) is 5.10 Å². The second-order valence-electron chi connectivity index (χ2n) is 4.75. The number of hydrogen-bond acceptors (Lipinski definition) is 7. The van der Waals surface area contributed by atoms with Crippen LogP contribution in [0.25, 0.3) is 5.69 Å². The van der Waals surface area contributed by atoms with E-state index < -0.39 is 5.91 Å². The molecule has 0 radical (unpaired) electrons. The van der Waals surface area contributed by atoms with Crippen molar-refractivity contribution in [1.82, 2.24) is 25.6 Å². The Bertz CT molecular complexity index is 875. The smallest absolute Gasteiger partial charge is 0.271 e. The van der Waals surface area contributed by atoms with Crippen LogP contribution < -0.4 is 5.43 Å². The number of nitrogens with one attached hydrogen (secondary N) is 1. The highest BCUT2D eigenvalue weighted by Crippen LogP contribution is 2.23. The zero-order chi connectivity index (χ0) is 16.9. The molecule has 3 rings (SSSR count). The average molecular weight is 324 g/mol. The Labute approximate surface area is 135 Å². The van der Waals surface area contributed by atoms with Crippen LogP contribution in [0.1, 0.15) is 15.9 Å². The van der Waals surface area contributed by atoms with Crippen molar-refractivity contribution in [3.05, 3.63) is 59.9 Å². The van der Waals surface area contributed by atoms with E-state index in [-0.39, 0.29) is 11.5 Å². The van der Waals surface area contributed by atoms with Crippen LogP contribution >= 0.6 is 0 Å². The maximum absolute atomic E-state index is 12.0. The minimum absolute atomic E-state index is 0.223. The third kappa shape index (κ3) is 3.35. The van der Waals surface area contributed by atoms with Crippen LogP contribution in [0.5, 0.6) is 11.5 Å². The van der Waals surface area contributed by atoms with Gasteiger partial charge in [0.1, 0.15) is 6.33 Å². The molecule has 24 heavy (non-hydrogen) atoms. The Hall–Kier alpha value is -3.75. The zero-order valence-electron chi connectivity index (χ0n) is 12.2. The highest BCUT2D eigenvalue weighted by molar-refractivity contribution is 5.95.